The highest BCUT2D eigenvalue weighted by Gasteiger charge is 2.24. The van der Waals surface area contributed by atoms with E-state index in [1.165, 1.54) is 31.4 Å². The van der Waals surface area contributed by atoms with Gasteiger partial charge in [-0.05, 0) is 61.4 Å². The maximum absolute atomic E-state index is 13.0. The van der Waals surface area contributed by atoms with Crippen LogP contribution in [-0.2, 0) is 4.74 Å². The molecule has 216 valence electrons. The molecule has 10 heteroatoms. The number of ether oxygens (including phenoxy) is 2. The zero-order valence-electron chi connectivity index (χ0n) is 23.7. The summed E-state index contributed by atoms with van der Waals surface area (Å²) in [7, 11) is 1.76. The lowest BCUT2D eigenvalue weighted by atomic mass is 10.1. The van der Waals surface area contributed by atoms with Gasteiger partial charge in [0.05, 0.1) is 12.2 Å². The predicted octanol–water partition coefficient (Wildman–Crippen LogP) is 4.45. The SMILES string of the molecule is COCCCCCCCCOc1ccc(N2CCN(c3ccc(C(=O)n4n[n+]([O-])c5ccccc54)cn3)CC2)cc1. The molecule has 1 saturated heterocycles. The van der Waals surface area contributed by atoms with Crippen LogP contribution < -0.4 is 19.4 Å². The van der Waals surface area contributed by atoms with Crippen molar-refractivity contribution >= 4 is 28.4 Å². The monoisotopic (exact) mass is 558 g/mol. The van der Waals surface area contributed by atoms with Gasteiger partial charge in [-0.25, -0.2) is 9.78 Å². The Morgan fingerprint density at radius 1 is 0.854 bits per heavy atom. The van der Waals surface area contributed by atoms with E-state index < -0.39 is 0 Å². The molecule has 1 fully saturated rings. The minimum atomic E-state index is -0.388. The molecule has 0 N–H and O–H groups in total. The average molecular weight is 559 g/mol. The predicted molar refractivity (Wildman–Crippen MR) is 159 cm³/mol. The second-order valence-electron chi connectivity index (χ2n) is 10.3. The van der Waals surface area contributed by atoms with Crippen molar-refractivity contribution in [1.29, 1.82) is 0 Å². The number of hydrogen-bond donors (Lipinski definition) is 0. The van der Waals surface area contributed by atoms with Crippen molar-refractivity contribution in [2.75, 3.05) is 56.3 Å². The first-order valence-corrected chi connectivity index (χ1v) is 14.4. The van der Waals surface area contributed by atoms with Crippen molar-refractivity contribution in [2.24, 2.45) is 0 Å². The van der Waals surface area contributed by atoms with Crippen LogP contribution in [0.2, 0.25) is 0 Å². The van der Waals surface area contributed by atoms with Crippen molar-refractivity contribution in [3.63, 3.8) is 0 Å². The Balaban J connectivity index is 1.06. The first-order valence-electron chi connectivity index (χ1n) is 14.4. The maximum atomic E-state index is 13.0. The highest BCUT2D eigenvalue weighted by molar-refractivity contribution is 5.99. The van der Waals surface area contributed by atoms with Crippen LogP contribution in [0.4, 0.5) is 11.5 Å². The molecule has 0 aliphatic carbocycles. The van der Waals surface area contributed by atoms with Crippen LogP contribution in [0, 0.1) is 5.21 Å². The second-order valence-corrected chi connectivity index (χ2v) is 10.3. The minimum Gasteiger partial charge on any atom is -0.691 e. The van der Waals surface area contributed by atoms with Gasteiger partial charge < -0.3 is 24.5 Å². The van der Waals surface area contributed by atoms with Gasteiger partial charge in [-0.2, -0.15) is 0 Å². The summed E-state index contributed by atoms with van der Waals surface area (Å²) >= 11 is 0. The number of nitrogens with zero attached hydrogens (tertiary/aromatic N) is 6. The summed E-state index contributed by atoms with van der Waals surface area (Å²) in [5, 5.41) is 15.9. The van der Waals surface area contributed by atoms with Crippen molar-refractivity contribution < 1.29 is 19.1 Å². The fourth-order valence-corrected chi connectivity index (χ4v) is 5.15. The third-order valence-corrected chi connectivity index (χ3v) is 7.49. The van der Waals surface area contributed by atoms with Crippen LogP contribution in [0.1, 0.15) is 48.9 Å². The minimum absolute atomic E-state index is 0.348. The summed E-state index contributed by atoms with van der Waals surface area (Å²) in [6, 6.07) is 18.8. The molecule has 0 radical (unpaired) electrons. The molecule has 0 spiro atoms. The Labute approximate surface area is 240 Å². The fourth-order valence-electron chi connectivity index (χ4n) is 5.15. The molecule has 2 aromatic heterocycles. The molecule has 2 aromatic carbocycles. The zero-order valence-corrected chi connectivity index (χ0v) is 23.7. The first-order chi connectivity index (χ1) is 20.1. The molecule has 3 heterocycles. The number of fused-ring (bicyclic) bond motifs is 1. The molecule has 5 rings (SSSR count). The standard InChI is InChI=1S/C31H38N6O4/c1-40-22-8-4-2-3-5-9-23-41-27-15-13-26(14-16-27)34-18-20-35(21-19-34)30-17-12-25(24-32-30)31(38)36-28-10-6-7-11-29(28)37(39)33-36/h6-7,10-17,24H,2-5,8-9,18-23H2,1H3. The average Bonchev–Trinajstić information content (AvgIpc) is 3.36. The smallest absolute Gasteiger partial charge is 0.368 e. The van der Waals surface area contributed by atoms with Crippen LogP contribution in [0.25, 0.3) is 11.0 Å². The number of anilines is 2. The van der Waals surface area contributed by atoms with Gasteiger partial charge in [-0.15, -0.1) is 4.85 Å². The van der Waals surface area contributed by atoms with Gasteiger partial charge >= 0.3 is 5.91 Å². The number of piperazine rings is 1. The van der Waals surface area contributed by atoms with E-state index in [1.807, 2.05) is 6.07 Å². The van der Waals surface area contributed by atoms with E-state index in [2.05, 4.69) is 44.3 Å². The van der Waals surface area contributed by atoms with Gasteiger partial charge in [0.2, 0.25) is 11.0 Å². The number of carbonyl (C=O) groups is 1. The van der Waals surface area contributed by atoms with Crippen molar-refractivity contribution in [1.82, 2.24) is 14.9 Å². The summed E-state index contributed by atoms with van der Waals surface area (Å²) < 4.78 is 12.2. The number of para-hydroxylation sites is 2. The topological polar surface area (TPSA) is 99.7 Å². The lowest BCUT2D eigenvalue weighted by Crippen LogP contribution is -2.46. The van der Waals surface area contributed by atoms with Crippen molar-refractivity contribution in [2.45, 2.75) is 38.5 Å². The number of aromatic nitrogens is 4. The van der Waals surface area contributed by atoms with E-state index in [1.54, 1.807) is 43.6 Å². The number of carbonyl (C=O) groups excluding carboxylic acids is 1. The van der Waals surface area contributed by atoms with Crippen molar-refractivity contribution in [3.8, 4) is 5.75 Å². The number of benzene rings is 2. The van der Waals surface area contributed by atoms with Crippen LogP contribution >= 0.6 is 0 Å². The molecule has 0 amide bonds. The summed E-state index contributed by atoms with van der Waals surface area (Å²) in [5.74, 6) is 1.35. The summed E-state index contributed by atoms with van der Waals surface area (Å²) in [6.45, 7) is 5.00. The normalized spacial score (nSPS) is 13.6. The Bertz CT molecular complexity index is 1400. The van der Waals surface area contributed by atoms with Gasteiger partial charge in [-0.1, -0.05) is 42.5 Å². The quantitative estimate of drug-likeness (QED) is 0.135. The first kappa shape index (κ1) is 28.4. The zero-order chi connectivity index (χ0) is 28.4. The summed E-state index contributed by atoms with van der Waals surface area (Å²) in [5.41, 5.74) is 2.37. The van der Waals surface area contributed by atoms with Gasteiger partial charge in [-0.3, -0.25) is 0 Å². The van der Waals surface area contributed by atoms with E-state index in [-0.39, 0.29) is 5.91 Å². The molecule has 0 bridgehead atoms. The number of rotatable bonds is 13. The summed E-state index contributed by atoms with van der Waals surface area (Å²) in [6.07, 6.45) is 8.74. The van der Waals surface area contributed by atoms with Gasteiger partial charge in [0.1, 0.15) is 16.8 Å². The van der Waals surface area contributed by atoms with E-state index in [0.29, 0.717) is 21.4 Å². The van der Waals surface area contributed by atoms with Crippen molar-refractivity contribution in [3.05, 3.63) is 77.6 Å². The van der Waals surface area contributed by atoms with Gasteiger partial charge in [0.25, 0.3) is 0 Å². The fraction of sp³-hybridized carbons (Fsp3) is 0.419. The Hall–Kier alpha value is -4.18. The maximum Gasteiger partial charge on any atom is 0.368 e. The number of methoxy groups -OCH3 is 1. The number of pyridine rings is 1. The molecule has 41 heavy (non-hydrogen) atoms. The van der Waals surface area contributed by atoms with Crippen LogP contribution in [-0.4, -0.2) is 67.3 Å². The number of unbranched alkanes of at least 4 members (excludes halogenated alkanes) is 5. The molecule has 0 unspecified atom stereocenters. The molecular weight excluding hydrogens is 520 g/mol. The highest BCUT2D eigenvalue weighted by Crippen LogP contribution is 2.23. The lowest BCUT2D eigenvalue weighted by molar-refractivity contribution is -0.645. The van der Waals surface area contributed by atoms with Gasteiger partial charge in [0.15, 0.2) is 0 Å². The Kier molecular flexibility index (Phi) is 9.64. The summed E-state index contributed by atoms with van der Waals surface area (Å²) in [4.78, 5) is 22.6. The second kappa shape index (κ2) is 13.9. The van der Waals surface area contributed by atoms with E-state index >= 15 is 0 Å². The largest absolute Gasteiger partial charge is 0.691 e. The third-order valence-electron chi connectivity index (χ3n) is 7.49. The van der Waals surface area contributed by atoms with E-state index in [9.17, 15) is 10.0 Å². The van der Waals surface area contributed by atoms with E-state index in [4.69, 9.17) is 9.47 Å². The molecule has 4 aromatic rings. The van der Waals surface area contributed by atoms with E-state index in [0.717, 1.165) is 68.5 Å². The lowest BCUT2D eigenvalue weighted by Gasteiger charge is -2.36. The Morgan fingerprint density at radius 2 is 1.54 bits per heavy atom. The molecule has 10 nitrogen and oxygen atoms in total. The molecule has 1 aliphatic rings. The van der Waals surface area contributed by atoms with Gasteiger partial charge in [0, 0.05) is 51.8 Å². The number of hydrogen-bond acceptors (Lipinski definition) is 8. The Morgan fingerprint density at radius 3 is 2.24 bits per heavy atom. The van der Waals surface area contributed by atoms with Crippen LogP contribution in [0.5, 0.6) is 5.75 Å². The van der Waals surface area contributed by atoms with Crippen LogP contribution in [0.3, 0.4) is 0 Å². The molecular formula is C31H38N6O4. The third kappa shape index (κ3) is 7.13. The molecule has 1 aliphatic heterocycles. The molecule has 0 atom stereocenters. The highest BCUT2D eigenvalue weighted by atomic mass is 16.5. The molecule has 0 saturated carbocycles. The van der Waals surface area contributed by atoms with Crippen LogP contribution in [0.15, 0.2) is 66.9 Å².